The Bertz CT molecular complexity index is 263. The van der Waals surface area contributed by atoms with Gasteiger partial charge >= 0.3 is 0 Å². The second-order valence-electron chi connectivity index (χ2n) is 2.03. The fourth-order valence-corrected chi connectivity index (χ4v) is 1.13. The summed E-state index contributed by atoms with van der Waals surface area (Å²) < 4.78 is 0. The van der Waals surface area contributed by atoms with Crippen LogP contribution in [-0.4, -0.2) is 26.7 Å². The molecule has 0 aliphatic carbocycles. The first-order valence-corrected chi connectivity index (χ1v) is 4.03. The van der Waals surface area contributed by atoms with E-state index < -0.39 is 0 Å². The molecule has 63 valence electrons. The molecular formula is C6H8N3OSY-. The summed E-state index contributed by atoms with van der Waals surface area (Å²) in [6.07, 6.45) is 0. The average Bonchev–Trinajstić information content (AvgIpc) is 2.31. The molecule has 1 N–H and O–H groups in total. The summed E-state index contributed by atoms with van der Waals surface area (Å²) in [5.41, 5.74) is 0. The molecule has 0 aliphatic rings. The van der Waals surface area contributed by atoms with Crippen LogP contribution in [0.3, 0.4) is 0 Å². The number of aromatic amines is 1. The molecule has 0 atom stereocenters. The number of aromatic nitrogens is 3. The van der Waals surface area contributed by atoms with Gasteiger partial charge in [-0.2, -0.15) is 0 Å². The van der Waals surface area contributed by atoms with Crippen LogP contribution in [0.4, 0.5) is 0 Å². The quantitative estimate of drug-likeness (QED) is 0.638. The molecule has 0 saturated carbocycles. The summed E-state index contributed by atoms with van der Waals surface area (Å²) in [5.74, 6) is 0.971. The fraction of sp³-hybridized carbons (Fsp3) is 0.333. The molecule has 0 fully saturated rings. The number of aryl methyl sites for hydroxylation is 1. The van der Waals surface area contributed by atoms with Crippen molar-refractivity contribution in [2.24, 2.45) is 0 Å². The minimum atomic E-state index is -0.113. The van der Waals surface area contributed by atoms with Crippen molar-refractivity contribution in [1.29, 1.82) is 0 Å². The van der Waals surface area contributed by atoms with Crippen molar-refractivity contribution in [2.75, 3.05) is 5.75 Å². The number of carbonyl (C=O) groups is 1. The Kier molecular flexibility index (Phi) is 5.79. The average molecular weight is 259 g/mol. The summed E-state index contributed by atoms with van der Waals surface area (Å²) in [4.78, 5) is 14.4. The van der Waals surface area contributed by atoms with Crippen LogP contribution in [0.2, 0.25) is 0 Å². The number of thioether (sulfide) groups is 1. The molecule has 12 heavy (non-hydrogen) atoms. The van der Waals surface area contributed by atoms with Gasteiger partial charge in [0.05, 0.1) is 0 Å². The number of H-pyrrole nitrogens is 1. The third-order valence-corrected chi connectivity index (χ3v) is 1.85. The molecule has 1 aromatic rings. The first-order valence-electron chi connectivity index (χ1n) is 3.05. The van der Waals surface area contributed by atoms with Gasteiger partial charge in [-0.05, 0) is 6.92 Å². The van der Waals surface area contributed by atoms with Crippen LogP contribution in [-0.2, 0) is 37.5 Å². The maximum Gasteiger partial charge on any atom is 0.208 e. The zero-order valence-corrected chi connectivity index (χ0v) is 10.4. The molecule has 1 rings (SSSR count). The van der Waals surface area contributed by atoms with Gasteiger partial charge in [0.2, 0.25) is 5.16 Å². The van der Waals surface area contributed by atoms with Gasteiger partial charge < -0.3 is 11.7 Å². The van der Waals surface area contributed by atoms with E-state index >= 15 is 0 Å². The van der Waals surface area contributed by atoms with Gasteiger partial charge in [0, 0.05) is 44.2 Å². The summed E-state index contributed by atoms with van der Waals surface area (Å²) in [7, 11) is 0. The maximum atomic E-state index is 10.4. The fourth-order valence-electron chi connectivity index (χ4n) is 0.532. The van der Waals surface area contributed by atoms with Gasteiger partial charge in [-0.25, -0.2) is 4.98 Å². The van der Waals surface area contributed by atoms with Crippen LogP contribution in [0.5, 0.6) is 0 Å². The maximum absolute atomic E-state index is 10.4. The molecule has 0 spiro atoms. The van der Waals surface area contributed by atoms with Crippen molar-refractivity contribution in [3.63, 3.8) is 0 Å². The Balaban J connectivity index is 0.00000121. The van der Waals surface area contributed by atoms with E-state index in [-0.39, 0.29) is 38.5 Å². The van der Waals surface area contributed by atoms with Gasteiger partial charge in [-0.15, -0.1) is 5.10 Å². The Morgan fingerprint density at radius 3 is 2.83 bits per heavy atom. The topological polar surface area (TPSA) is 58.6 Å². The van der Waals surface area contributed by atoms with Crippen LogP contribution in [0.1, 0.15) is 5.82 Å². The van der Waals surface area contributed by atoms with Gasteiger partial charge in [-0.3, -0.25) is 5.10 Å². The predicted octanol–water partition coefficient (Wildman–Crippen LogP) is 0.606. The van der Waals surface area contributed by atoms with E-state index in [4.69, 9.17) is 0 Å². The third kappa shape index (κ3) is 4.23. The number of carbonyl (C=O) groups excluding carboxylic acids is 1. The standard InChI is InChI=1S/C6H8N3OS.Y/c1-4(10)3-11-6-7-5(2)8-9-6;/h1,3H2,2H3,(H,7,8,9);/q-1;. The van der Waals surface area contributed by atoms with E-state index in [0.29, 0.717) is 10.9 Å². The first-order chi connectivity index (χ1) is 5.18. The smallest absolute Gasteiger partial charge is 0.208 e. The molecule has 0 saturated heterocycles. The first kappa shape index (κ1) is 12.1. The molecule has 0 bridgehead atoms. The van der Waals surface area contributed by atoms with Crippen LogP contribution < -0.4 is 0 Å². The Labute approximate surface area is 100 Å². The van der Waals surface area contributed by atoms with Gasteiger partial charge in [0.15, 0.2) is 0 Å². The van der Waals surface area contributed by atoms with Crippen molar-refractivity contribution in [3.05, 3.63) is 12.7 Å². The van der Waals surface area contributed by atoms with E-state index in [1.54, 1.807) is 0 Å². The van der Waals surface area contributed by atoms with Crippen molar-refractivity contribution in [3.8, 4) is 0 Å². The van der Waals surface area contributed by atoms with E-state index in [1.807, 2.05) is 6.92 Å². The number of Topliss-reactive ketones (excluding diaryl/α,β-unsaturated/α-hetero) is 1. The molecule has 4 nitrogen and oxygen atoms in total. The number of nitrogens with zero attached hydrogens (tertiary/aromatic N) is 2. The molecule has 0 amide bonds. The molecule has 1 aromatic heterocycles. The van der Waals surface area contributed by atoms with Gasteiger partial charge in [0.25, 0.3) is 0 Å². The van der Waals surface area contributed by atoms with Gasteiger partial charge in [0.1, 0.15) is 5.82 Å². The zero-order chi connectivity index (χ0) is 8.27. The van der Waals surface area contributed by atoms with E-state index in [2.05, 4.69) is 22.1 Å². The number of hydrogen-bond donors (Lipinski definition) is 1. The van der Waals surface area contributed by atoms with Crippen LogP contribution >= 0.6 is 11.8 Å². The summed E-state index contributed by atoms with van der Waals surface area (Å²) >= 11 is 1.28. The van der Waals surface area contributed by atoms with E-state index in [9.17, 15) is 4.79 Å². The van der Waals surface area contributed by atoms with Gasteiger partial charge in [-0.1, -0.05) is 11.8 Å². The van der Waals surface area contributed by atoms with Crippen LogP contribution in [0, 0.1) is 13.8 Å². The van der Waals surface area contributed by atoms with Crippen LogP contribution in [0.15, 0.2) is 5.16 Å². The summed E-state index contributed by atoms with van der Waals surface area (Å²) in [6, 6.07) is 0. The Hall–Kier alpha value is 0.134. The molecule has 0 aliphatic heterocycles. The normalized spacial score (nSPS) is 9.08. The molecule has 1 heterocycles. The van der Waals surface area contributed by atoms with E-state index in [1.165, 1.54) is 11.8 Å². The minimum absolute atomic E-state index is 0. The third-order valence-electron chi connectivity index (χ3n) is 0.939. The van der Waals surface area contributed by atoms with Crippen molar-refractivity contribution in [2.45, 2.75) is 12.1 Å². The molecule has 1 radical (unpaired) electrons. The second kappa shape index (κ2) is 5.72. The molecule has 0 aromatic carbocycles. The molecular weight excluding hydrogens is 251 g/mol. The minimum Gasteiger partial charge on any atom is -0.339 e. The predicted molar refractivity (Wildman–Crippen MR) is 42.2 cm³/mol. The largest absolute Gasteiger partial charge is 0.339 e. The van der Waals surface area contributed by atoms with E-state index in [0.717, 1.165) is 5.82 Å². The number of ketones is 1. The molecule has 6 heteroatoms. The summed E-state index contributed by atoms with van der Waals surface area (Å²) in [5, 5.41) is 7.11. The Morgan fingerprint density at radius 1 is 1.75 bits per heavy atom. The van der Waals surface area contributed by atoms with Crippen molar-refractivity contribution < 1.29 is 37.5 Å². The zero-order valence-electron chi connectivity index (χ0n) is 6.70. The number of rotatable bonds is 3. The summed E-state index contributed by atoms with van der Waals surface area (Å²) in [6.45, 7) is 5.04. The van der Waals surface area contributed by atoms with Crippen LogP contribution in [0.25, 0.3) is 0 Å². The molecule has 0 unspecified atom stereocenters. The second-order valence-corrected chi connectivity index (χ2v) is 2.97. The SMILES string of the molecule is [CH2-]C(=O)CSc1n[nH]c(C)n1.[Y]. The monoisotopic (exact) mass is 259 g/mol. The number of hydrogen-bond acceptors (Lipinski definition) is 4. The Morgan fingerprint density at radius 2 is 2.42 bits per heavy atom. The van der Waals surface area contributed by atoms with Crippen molar-refractivity contribution >= 4 is 17.5 Å². The number of nitrogens with one attached hydrogen (secondary N) is 1. The van der Waals surface area contributed by atoms with Crippen molar-refractivity contribution in [1.82, 2.24) is 15.2 Å².